The van der Waals surface area contributed by atoms with Crippen molar-refractivity contribution in [2.75, 3.05) is 23.8 Å². The van der Waals surface area contributed by atoms with Crippen molar-refractivity contribution < 1.29 is 17.9 Å². The molecule has 1 saturated heterocycles. The maximum Gasteiger partial charge on any atom is 0.250 e. The monoisotopic (exact) mass is 549 g/mol. The van der Waals surface area contributed by atoms with E-state index in [-0.39, 0.29) is 16.6 Å². The Bertz CT molecular complexity index is 1460. The van der Waals surface area contributed by atoms with Gasteiger partial charge in [-0.15, -0.1) is 0 Å². The Labute approximate surface area is 229 Å². The standard InChI is InChI=1S/C29H35N5O4S/c1-28(2,3)34-39(36,37)25-10-5-4-9-24(25)20-11-13-22(14-12-20)32-27(35)29(15-17-38-18-16-29)33-23-8-6-7-21(19-23)26(30)31/h4-14,19,33-34H,15-18H2,1-3H3,(H3,30,31)(H,32,35). The second-order valence-corrected chi connectivity index (χ2v) is 12.3. The number of hydrogen-bond donors (Lipinski definition) is 5. The van der Waals surface area contributed by atoms with E-state index in [1.54, 1.807) is 87.5 Å². The lowest BCUT2D eigenvalue weighted by Crippen LogP contribution is -2.53. The first kappa shape index (κ1) is 28.3. The van der Waals surface area contributed by atoms with E-state index in [4.69, 9.17) is 15.9 Å². The SMILES string of the molecule is CC(C)(C)NS(=O)(=O)c1ccccc1-c1ccc(NC(=O)C2(Nc3cccc(C(=N)N)c3)CCOCC2)cc1. The minimum atomic E-state index is -3.75. The highest BCUT2D eigenvalue weighted by atomic mass is 32.2. The Kier molecular flexibility index (Phi) is 8.10. The van der Waals surface area contributed by atoms with Gasteiger partial charge in [-0.25, -0.2) is 13.1 Å². The van der Waals surface area contributed by atoms with Gasteiger partial charge in [0.2, 0.25) is 15.9 Å². The molecular weight excluding hydrogens is 514 g/mol. The van der Waals surface area contributed by atoms with Crippen LogP contribution in [0.15, 0.2) is 77.7 Å². The number of amides is 1. The molecule has 0 saturated carbocycles. The van der Waals surface area contributed by atoms with Crippen LogP contribution in [0.1, 0.15) is 39.2 Å². The molecule has 206 valence electrons. The van der Waals surface area contributed by atoms with Gasteiger partial charge in [-0.1, -0.05) is 42.5 Å². The summed E-state index contributed by atoms with van der Waals surface area (Å²) in [4.78, 5) is 13.8. The van der Waals surface area contributed by atoms with Gasteiger partial charge in [0.1, 0.15) is 11.4 Å². The zero-order valence-electron chi connectivity index (χ0n) is 22.4. The number of benzene rings is 3. The van der Waals surface area contributed by atoms with Crippen molar-refractivity contribution in [2.24, 2.45) is 5.73 Å². The van der Waals surface area contributed by atoms with Gasteiger partial charge in [0.05, 0.1) is 4.90 Å². The fourth-order valence-electron chi connectivity index (χ4n) is 4.55. The van der Waals surface area contributed by atoms with E-state index < -0.39 is 21.1 Å². The van der Waals surface area contributed by atoms with Gasteiger partial charge in [0, 0.05) is 54.1 Å². The van der Waals surface area contributed by atoms with Crippen LogP contribution in [0.4, 0.5) is 11.4 Å². The predicted octanol–water partition coefficient (Wildman–Crippen LogP) is 4.31. The number of anilines is 2. The average Bonchev–Trinajstić information content (AvgIpc) is 2.88. The number of hydrogen-bond acceptors (Lipinski definition) is 6. The highest BCUT2D eigenvalue weighted by molar-refractivity contribution is 7.89. The van der Waals surface area contributed by atoms with Crippen molar-refractivity contribution in [3.63, 3.8) is 0 Å². The van der Waals surface area contributed by atoms with Crippen LogP contribution in [0.25, 0.3) is 11.1 Å². The third-order valence-electron chi connectivity index (χ3n) is 6.41. The third kappa shape index (κ3) is 6.83. The summed E-state index contributed by atoms with van der Waals surface area (Å²) in [6.07, 6.45) is 0.931. The summed E-state index contributed by atoms with van der Waals surface area (Å²) in [6.45, 7) is 6.25. The van der Waals surface area contributed by atoms with Crippen LogP contribution in [0, 0.1) is 5.41 Å². The molecule has 6 N–H and O–H groups in total. The molecule has 3 aromatic rings. The number of amidine groups is 1. The number of sulfonamides is 1. The Morgan fingerprint density at radius 2 is 1.62 bits per heavy atom. The molecule has 9 nitrogen and oxygen atoms in total. The van der Waals surface area contributed by atoms with Gasteiger partial charge >= 0.3 is 0 Å². The molecule has 0 unspecified atom stereocenters. The minimum absolute atomic E-state index is 0.0484. The van der Waals surface area contributed by atoms with Gasteiger partial charge in [0.15, 0.2) is 0 Å². The second-order valence-electron chi connectivity index (χ2n) is 10.7. The maximum absolute atomic E-state index is 13.6. The molecule has 1 aliphatic heterocycles. The van der Waals surface area contributed by atoms with Crippen LogP contribution < -0.4 is 21.1 Å². The molecule has 0 spiro atoms. The van der Waals surface area contributed by atoms with E-state index in [9.17, 15) is 13.2 Å². The summed E-state index contributed by atoms with van der Waals surface area (Å²) < 4.78 is 34.4. The topological polar surface area (TPSA) is 146 Å². The number of nitrogens with two attached hydrogens (primary N) is 1. The molecule has 0 atom stereocenters. The van der Waals surface area contributed by atoms with Crippen molar-refractivity contribution in [1.29, 1.82) is 5.41 Å². The first-order valence-electron chi connectivity index (χ1n) is 12.7. The first-order chi connectivity index (χ1) is 18.4. The quantitative estimate of drug-likeness (QED) is 0.209. The van der Waals surface area contributed by atoms with Gasteiger partial charge in [-0.3, -0.25) is 10.2 Å². The third-order valence-corrected chi connectivity index (χ3v) is 8.23. The first-order valence-corrected chi connectivity index (χ1v) is 14.2. The lowest BCUT2D eigenvalue weighted by molar-refractivity contribution is -0.123. The molecule has 0 radical (unpaired) electrons. The van der Waals surface area contributed by atoms with E-state index in [0.29, 0.717) is 54.1 Å². The van der Waals surface area contributed by atoms with Crippen LogP contribution >= 0.6 is 0 Å². The molecule has 39 heavy (non-hydrogen) atoms. The fourth-order valence-corrected chi connectivity index (χ4v) is 6.20. The largest absolute Gasteiger partial charge is 0.384 e. The summed E-state index contributed by atoms with van der Waals surface area (Å²) in [7, 11) is -3.75. The summed E-state index contributed by atoms with van der Waals surface area (Å²) in [6, 6.07) is 21.1. The fraction of sp³-hybridized carbons (Fsp3) is 0.310. The average molecular weight is 550 g/mol. The molecule has 10 heteroatoms. The van der Waals surface area contributed by atoms with E-state index in [2.05, 4.69) is 15.4 Å². The van der Waals surface area contributed by atoms with Gasteiger partial charge in [-0.05, 0) is 56.7 Å². The molecule has 1 heterocycles. The highest BCUT2D eigenvalue weighted by Crippen LogP contribution is 2.31. The van der Waals surface area contributed by atoms with E-state index in [0.717, 1.165) is 0 Å². The number of rotatable bonds is 8. The van der Waals surface area contributed by atoms with E-state index >= 15 is 0 Å². The predicted molar refractivity (Wildman–Crippen MR) is 154 cm³/mol. The van der Waals surface area contributed by atoms with Crippen LogP contribution in [0.2, 0.25) is 0 Å². The van der Waals surface area contributed by atoms with Crippen molar-refractivity contribution in [3.8, 4) is 11.1 Å². The minimum Gasteiger partial charge on any atom is -0.384 e. The Morgan fingerprint density at radius 3 is 2.26 bits per heavy atom. The Hall–Kier alpha value is -3.73. The van der Waals surface area contributed by atoms with E-state index in [1.165, 1.54) is 0 Å². The van der Waals surface area contributed by atoms with Crippen LogP contribution in [0.5, 0.6) is 0 Å². The summed E-state index contributed by atoms with van der Waals surface area (Å²) in [5, 5.41) is 14.1. The van der Waals surface area contributed by atoms with Gasteiger partial charge in [0.25, 0.3) is 0 Å². The number of carbonyl (C=O) groups is 1. The molecule has 1 aliphatic rings. The maximum atomic E-state index is 13.6. The smallest absolute Gasteiger partial charge is 0.250 e. The number of nitrogens with one attached hydrogen (secondary N) is 4. The number of carbonyl (C=O) groups excluding carboxylic acids is 1. The highest BCUT2D eigenvalue weighted by Gasteiger charge is 2.40. The molecule has 0 aromatic heterocycles. The number of nitrogen functional groups attached to an aromatic ring is 1. The van der Waals surface area contributed by atoms with Gasteiger partial charge in [-0.2, -0.15) is 0 Å². The van der Waals surface area contributed by atoms with Crippen LogP contribution in [0.3, 0.4) is 0 Å². The summed E-state index contributed by atoms with van der Waals surface area (Å²) in [5.74, 6) is -0.253. The molecule has 0 bridgehead atoms. The molecule has 4 rings (SSSR count). The molecular formula is C29H35N5O4S. The zero-order chi connectivity index (χ0) is 28.3. The second kappa shape index (κ2) is 11.2. The van der Waals surface area contributed by atoms with Crippen molar-refractivity contribution >= 4 is 33.1 Å². The lowest BCUT2D eigenvalue weighted by atomic mass is 9.88. The van der Waals surface area contributed by atoms with Crippen molar-refractivity contribution in [3.05, 3.63) is 78.4 Å². The van der Waals surface area contributed by atoms with Crippen molar-refractivity contribution in [2.45, 2.75) is 49.6 Å². The molecule has 3 aromatic carbocycles. The summed E-state index contributed by atoms with van der Waals surface area (Å²) >= 11 is 0. The summed E-state index contributed by atoms with van der Waals surface area (Å²) in [5.41, 5.74) is 7.23. The van der Waals surface area contributed by atoms with Crippen LogP contribution in [-0.2, 0) is 19.6 Å². The Balaban J connectivity index is 1.57. The number of ether oxygens (including phenoxy) is 1. The zero-order valence-corrected chi connectivity index (χ0v) is 23.2. The lowest BCUT2D eigenvalue weighted by Gasteiger charge is -2.37. The van der Waals surface area contributed by atoms with Crippen LogP contribution in [-0.4, -0.2) is 44.5 Å². The molecule has 0 aliphatic carbocycles. The Morgan fingerprint density at radius 1 is 0.949 bits per heavy atom. The molecule has 1 fully saturated rings. The van der Waals surface area contributed by atoms with Crippen molar-refractivity contribution in [1.82, 2.24) is 4.72 Å². The van der Waals surface area contributed by atoms with Gasteiger partial charge < -0.3 is 21.1 Å². The normalized spacial score (nSPS) is 15.4. The van der Waals surface area contributed by atoms with E-state index in [1.807, 2.05) is 6.07 Å². The molecule has 1 amide bonds.